The average molecular weight is 394 g/mol. The summed E-state index contributed by atoms with van der Waals surface area (Å²) in [6, 6.07) is 4.25. The molecule has 1 aromatic carbocycles. The summed E-state index contributed by atoms with van der Waals surface area (Å²) < 4.78 is 27.2. The number of rotatable bonds is 3. The third-order valence-electron chi connectivity index (χ3n) is 5.53. The van der Waals surface area contributed by atoms with Gasteiger partial charge >= 0.3 is 0 Å². The van der Waals surface area contributed by atoms with Gasteiger partial charge in [-0.25, -0.2) is 8.78 Å². The lowest BCUT2D eigenvalue weighted by atomic mass is 9.66. The van der Waals surface area contributed by atoms with E-state index in [1.807, 2.05) is 6.92 Å². The fraction of sp³-hybridized carbons (Fsp3) is 0.346. The zero-order valence-electron chi connectivity index (χ0n) is 17.8. The molecule has 1 nitrogen and oxygen atoms in total. The first kappa shape index (κ1) is 21.2. The van der Waals surface area contributed by atoms with E-state index < -0.39 is 11.6 Å². The molecule has 0 spiro atoms. The Bertz CT molecular complexity index is 972. The normalized spacial score (nSPS) is 29.0. The Hall–Kier alpha value is -2.55. The van der Waals surface area contributed by atoms with Gasteiger partial charge in [0.15, 0.2) is 11.6 Å². The molecule has 0 saturated heterocycles. The van der Waals surface area contributed by atoms with Crippen LogP contribution in [0.15, 0.2) is 76.9 Å². The van der Waals surface area contributed by atoms with Crippen molar-refractivity contribution < 1.29 is 8.78 Å². The molecule has 0 fully saturated rings. The minimum Gasteiger partial charge on any atom is -0.282 e. The van der Waals surface area contributed by atoms with Gasteiger partial charge in [0.2, 0.25) is 0 Å². The summed E-state index contributed by atoms with van der Waals surface area (Å²) in [6.07, 6.45) is 15.9. The maximum Gasteiger partial charge on any atom is 0.159 e. The molecule has 0 bridgehead atoms. The van der Waals surface area contributed by atoms with E-state index in [1.165, 1.54) is 17.7 Å². The molecule has 0 aliphatic heterocycles. The molecule has 2 aliphatic carbocycles. The van der Waals surface area contributed by atoms with Crippen molar-refractivity contribution in [3.63, 3.8) is 0 Å². The van der Waals surface area contributed by atoms with Gasteiger partial charge in [0.05, 0.1) is 5.71 Å². The highest BCUT2D eigenvalue weighted by Gasteiger charge is 2.36. The van der Waals surface area contributed by atoms with Gasteiger partial charge in [-0.3, -0.25) is 4.99 Å². The zero-order chi connectivity index (χ0) is 21.2. The third-order valence-corrected chi connectivity index (χ3v) is 5.53. The van der Waals surface area contributed by atoms with Crippen LogP contribution < -0.4 is 0 Å². The van der Waals surface area contributed by atoms with Crippen molar-refractivity contribution in [2.45, 2.75) is 47.1 Å². The molecule has 0 aromatic heterocycles. The van der Waals surface area contributed by atoms with E-state index in [2.05, 4.69) is 70.2 Å². The summed E-state index contributed by atoms with van der Waals surface area (Å²) in [4.78, 5) is 4.89. The second-order valence-electron chi connectivity index (χ2n) is 8.37. The fourth-order valence-electron chi connectivity index (χ4n) is 4.28. The Morgan fingerprint density at radius 1 is 1.17 bits per heavy atom. The number of hydrogen-bond donors (Lipinski definition) is 0. The summed E-state index contributed by atoms with van der Waals surface area (Å²) in [6.45, 7) is 10.5. The summed E-state index contributed by atoms with van der Waals surface area (Å²) in [7, 11) is 0. The minimum atomic E-state index is -0.826. The summed E-state index contributed by atoms with van der Waals surface area (Å²) in [5, 5.41) is 0. The number of nitrogens with zero attached hydrogens (tertiary/aromatic N) is 1. The molecule has 3 heteroatoms. The van der Waals surface area contributed by atoms with Crippen molar-refractivity contribution >= 4 is 11.3 Å². The van der Waals surface area contributed by atoms with E-state index in [0.29, 0.717) is 5.56 Å². The summed E-state index contributed by atoms with van der Waals surface area (Å²) in [5.41, 5.74) is 4.73. The van der Waals surface area contributed by atoms with E-state index in [9.17, 15) is 8.78 Å². The smallest absolute Gasteiger partial charge is 0.159 e. The van der Waals surface area contributed by atoms with Crippen LogP contribution in [0.25, 0.3) is 5.57 Å². The Kier molecular flexibility index (Phi) is 6.16. The topological polar surface area (TPSA) is 12.4 Å². The molecule has 0 N–H and O–H groups in total. The lowest BCUT2D eigenvalue weighted by Gasteiger charge is -2.38. The molecule has 29 heavy (non-hydrogen) atoms. The van der Waals surface area contributed by atoms with Crippen LogP contribution in [0.3, 0.4) is 0 Å². The molecule has 0 saturated carbocycles. The molecule has 152 valence electrons. The van der Waals surface area contributed by atoms with Gasteiger partial charge in [-0.2, -0.15) is 0 Å². The van der Waals surface area contributed by atoms with Gasteiger partial charge in [0.25, 0.3) is 0 Å². The van der Waals surface area contributed by atoms with E-state index in [4.69, 9.17) is 4.99 Å². The lowest BCUT2D eigenvalue weighted by Crippen LogP contribution is -2.30. The average Bonchev–Trinajstić information content (AvgIpc) is 2.66. The number of hydrogen-bond acceptors (Lipinski definition) is 1. The van der Waals surface area contributed by atoms with Crippen LogP contribution in [0.4, 0.5) is 8.78 Å². The first-order chi connectivity index (χ1) is 13.7. The van der Waals surface area contributed by atoms with Gasteiger partial charge in [-0.1, -0.05) is 48.9 Å². The highest BCUT2D eigenvalue weighted by Crippen LogP contribution is 2.45. The SMILES string of the molecule is CC=CC1(C)/C=C(C)\C=C/C(=NC(C)C)C2=CC(c3ccc(F)c(F)c3)=CCC21. The highest BCUT2D eigenvalue weighted by atomic mass is 19.2. The van der Waals surface area contributed by atoms with E-state index >= 15 is 0 Å². The fourth-order valence-corrected chi connectivity index (χ4v) is 4.28. The zero-order valence-corrected chi connectivity index (χ0v) is 17.8. The number of allylic oxidation sites excluding steroid dienone is 10. The van der Waals surface area contributed by atoms with E-state index in [1.54, 1.807) is 6.07 Å². The number of halogens is 2. The predicted molar refractivity (Wildman–Crippen MR) is 119 cm³/mol. The van der Waals surface area contributed by atoms with Gasteiger partial charge in [-0.15, -0.1) is 0 Å². The summed E-state index contributed by atoms with van der Waals surface area (Å²) in [5.74, 6) is -1.44. The number of aliphatic imine (C=N–C) groups is 1. The number of fused-ring (bicyclic) bond motifs is 1. The predicted octanol–water partition coefficient (Wildman–Crippen LogP) is 7.24. The van der Waals surface area contributed by atoms with Crippen LogP contribution in [0.2, 0.25) is 0 Å². The van der Waals surface area contributed by atoms with E-state index in [0.717, 1.165) is 23.3 Å². The van der Waals surface area contributed by atoms with Crippen LogP contribution >= 0.6 is 0 Å². The van der Waals surface area contributed by atoms with Crippen LogP contribution in [0.1, 0.15) is 46.6 Å². The van der Waals surface area contributed by atoms with Crippen molar-refractivity contribution in [2.75, 3.05) is 0 Å². The van der Waals surface area contributed by atoms with Crippen molar-refractivity contribution in [1.29, 1.82) is 0 Å². The van der Waals surface area contributed by atoms with Crippen molar-refractivity contribution in [3.8, 4) is 0 Å². The Morgan fingerprint density at radius 3 is 2.59 bits per heavy atom. The largest absolute Gasteiger partial charge is 0.282 e. The third kappa shape index (κ3) is 4.55. The van der Waals surface area contributed by atoms with Crippen LogP contribution in [0.5, 0.6) is 0 Å². The van der Waals surface area contributed by atoms with E-state index in [-0.39, 0.29) is 17.4 Å². The minimum absolute atomic E-state index is 0.158. The quantitative estimate of drug-likeness (QED) is 0.480. The summed E-state index contributed by atoms with van der Waals surface area (Å²) >= 11 is 0. The molecule has 2 unspecified atom stereocenters. The van der Waals surface area contributed by atoms with Gasteiger partial charge in [0.1, 0.15) is 0 Å². The van der Waals surface area contributed by atoms with Crippen LogP contribution in [-0.2, 0) is 0 Å². The molecule has 2 atom stereocenters. The van der Waals surface area contributed by atoms with Crippen molar-refractivity contribution in [3.05, 3.63) is 89.1 Å². The first-order valence-corrected chi connectivity index (χ1v) is 10.2. The molecule has 0 amide bonds. The molecular weight excluding hydrogens is 364 g/mol. The van der Waals surface area contributed by atoms with Crippen molar-refractivity contribution in [2.24, 2.45) is 16.3 Å². The number of benzene rings is 1. The molecule has 2 aliphatic rings. The second kappa shape index (κ2) is 8.44. The van der Waals surface area contributed by atoms with Crippen molar-refractivity contribution in [1.82, 2.24) is 0 Å². The molecule has 1 aromatic rings. The highest BCUT2D eigenvalue weighted by molar-refractivity contribution is 6.11. The second-order valence-corrected chi connectivity index (χ2v) is 8.37. The van der Waals surface area contributed by atoms with Gasteiger partial charge in [0, 0.05) is 17.4 Å². The lowest BCUT2D eigenvalue weighted by molar-refractivity contribution is 0.382. The molecule has 3 rings (SSSR count). The maximum absolute atomic E-state index is 13.8. The molecule has 0 heterocycles. The maximum atomic E-state index is 13.8. The van der Waals surface area contributed by atoms with Gasteiger partial charge < -0.3 is 0 Å². The van der Waals surface area contributed by atoms with Crippen LogP contribution in [-0.4, -0.2) is 11.8 Å². The first-order valence-electron chi connectivity index (χ1n) is 10.2. The molecular formula is C26H29F2N. The monoisotopic (exact) mass is 393 g/mol. The molecule has 0 radical (unpaired) electrons. The van der Waals surface area contributed by atoms with Gasteiger partial charge in [-0.05, 0) is 75.1 Å². The Balaban J connectivity index is 2.17. The van der Waals surface area contributed by atoms with Crippen LogP contribution in [0, 0.1) is 23.0 Å². The standard InChI is InChI=1S/C26H29F2N/c1-6-13-26(5)16-18(4)7-12-25(29-17(2)3)21-14-19(8-10-22(21)26)20-9-11-23(27)24(28)15-20/h6-9,11-17,22H,10H2,1-5H3/b12-7-,13-6?,18-16-,29-25?. The Labute approximate surface area is 172 Å². The Morgan fingerprint density at radius 2 is 1.93 bits per heavy atom.